The van der Waals surface area contributed by atoms with Crippen molar-refractivity contribution in [3.63, 3.8) is 0 Å². The summed E-state index contributed by atoms with van der Waals surface area (Å²) in [5.74, 6) is 0.737. The van der Waals surface area contributed by atoms with Crippen LogP contribution >= 0.6 is 11.6 Å². The molecule has 0 radical (unpaired) electrons. The standard InChI is InChI=1S/C8H8ClN5O2/c1-4-12-13-5(16-4)2-14-3-11-7(9)6(10)8(14)15/h3H,2,10H2,1H3. The minimum atomic E-state index is -0.434. The Morgan fingerprint density at radius 3 is 2.94 bits per heavy atom. The second-order valence-electron chi connectivity index (χ2n) is 3.10. The number of hydrogen-bond acceptors (Lipinski definition) is 6. The van der Waals surface area contributed by atoms with E-state index in [9.17, 15) is 4.79 Å². The second kappa shape index (κ2) is 3.93. The van der Waals surface area contributed by atoms with E-state index in [1.54, 1.807) is 6.92 Å². The van der Waals surface area contributed by atoms with Crippen LogP contribution in [0.2, 0.25) is 5.15 Å². The van der Waals surface area contributed by atoms with Crippen molar-refractivity contribution in [1.82, 2.24) is 19.7 Å². The van der Waals surface area contributed by atoms with Gasteiger partial charge in [-0.05, 0) is 0 Å². The number of anilines is 1. The summed E-state index contributed by atoms with van der Waals surface area (Å²) in [6.07, 6.45) is 1.28. The molecule has 2 heterocycles. The van der Waals surface area contributed by atoms with Crippen molar-refractivity contribution >= 4 is 17.3 Å². The number of rotatable bonds is 2. The van der Waals surface area contributed by atoms with Gasteiger partial charge in [-0.1, -0.05) is 11.6 Å². The first kappa shape index (κ1) is 10.6. The van der Waals surface area contributed by atoms with Gasteiger partial charge in [-0.25, -0.2) is 4.98 Å². The summed E-state index contributed by atoms with van der Waals surface area (Å²) < 4.78 is 6.37. The fourth-order valence-electron chi connectivity index (χ4n) is 1.15. The fourth-order valence-corrected chi connectivity index (χ4v) is 1.27. The molecule has 2 rings (SSSR count). The van der Waals surface area contributed by atoms with Crippen LogP contribution in [0.3, 0.4) is 0 Å². The van der Waals surface area contributed by atoms with Crippen molar-refractivity contribution in [1.29, 1.82) is 0 Å². The maximum Gasteiger partial charge on any atom is 0.278 e. The largest absolute Gasteiger partial charge is 0.424 e. The SMILES string of the molecule is Cc1nnc(Cn2cnc(Cl)c(N)c2=O)o1. The summed E-state index contributed by atoms with van der Waals surface area (Å²) >= 11 is 5.59. The molecule has 0 spiro atoms. The van der Waals surface area contributed by atoms with Gasteiger partial charge in [-0.15, -0.1) is 10.2 Å². The zero-order valence-electron chi connectivity index (χ0n) is 8.35. The summed E-state index contributed by atoms with van der Waals surface area (Å²) in [4.78, 5) is 15.4. The third-order valence-electron chi connectivity index (χ3n) is 1.90. The first-order valence-electron chi connectivity index (χ1n) is 4.37. The van der Waals surface area contributed by atoms with Gasteiger partial charge in [0.25, 0.3) is 5.56 Å². The van der Waals surface area contributed by atoms with E-state index >= 15 is 0 Å². The molecule has 0 unspecified atom stereocenters. The summed E-state index contributed by atoms with van der Waals surface area (Å²) in [6, 6.07) is 0. The number of halogens is 1. The van der Waals surface area contributed by atoms with Gasteiger partial charge in [0, 0.05) is 6.92 Å². The number of hydrogen-bond donors (Lipinski definition) is 1. The third kappa shape index (κ3) is 1.89. The van der Waals surface area contributed by atoms with Crippen LogP contribution in [0, 0.1) is 6.92 Å². The molecule has 0 saturated carbocycles. The molecule has 84 valence electrons. The molecule has 0 aliphatic rings. The highest BCUT2D eigenvalue weighted by Gasteiger charge is 2.09. The zero-order chi connectivity index (χ0) is 11.7. The van der Waals surface area contributed by atoms with Crippen LogP contribution in [0.25, 0.3) is 0 Å². The molecule has 2 aromatic heterocycles. The van der Waals surface area contributed by atoms with Gasteiger partial charge in [0.15, 0.2) is 5.15 Å². The van der Waals surface area contributed by atoms with Gasteiger partial charge in [0.1, 0.15) is 12.2 Å². The number of nitrogen functional groups attached to an aromatic ring is 1. The Labute approximate surface area is 94.9 Å². The van der Waals surface area contributed by atoms with Crippen LogP contribution in [-0.2, 0) is 6.54 Å². The van der Waals surface area contributed by atoms with E-state index in [0.717, 1.165) is 0 Å². The van der Waals surface area contributed by atoms with E-state index in [1.807, 2.05) is 0 Å². The number of aryl methyl sites for hydroxylation is 1. The van der Waals surface area contributed by atoms with Gasteiger partial charge in [-0.3, -0.25) is 9.36 Å². The van der Waals surface area contributed by atoms with Crippen molar-refractivity contribution in [2.45, 2.75) is 13.5 Å². The molecule has 8 heteroatoms. The Hall–Kier alpha value is -1.89. The molecule has 0 aromatic carbocycles. The van der Waals surface area contributed by atoms with Crippen molar-refractivity contribution < 1.29 is 4.42 Å². The van der Waals surface area contributed by atoms with Crippen LogP contribution in [-0.4, -0.2) is 19.7 Å². The second-order valence-corrected chi connectivity index (χ2v) is 3.45. The van der Waals surface area contributed by atoms with E-state index in [0.29, 0.717) is 11.8 Å². The lowest BCUT2D eigenvalue weighted by molar-refractivity contribution is 0.450. The molecule has 0 aliphatic carbocycles. The van der Waals surface area contributed by atoms with Crippen molar-refractivity contribution in [3.8, 4) is 0 Å². The summed E-state index contributed by atoms with van der Waals surface area (Å²) in [6.45, 7) is 1.78. The highest BCUT2D eigenvalue weighted by Crippen LogP contribution is 2.08. The number of nitrogens with two attached hydrogens (primary N) is 1. The topological polar surface area (TPSA) is 99.8 Å². The lowest BCUT2D eigenvalue weighted by Crippen LogP contribution is -2.24. The lowest BCUT2D eigenvalue weighted by atomic mass is 10.5. The van der Waals surface area contributed by atoms with Gasteiger partial charge in [-0.2, -0.15) is 0 Å². The monoisotopic (exact) mass is 241 g/mol. The Balaban J connectivity index is 2.36. The lowest BCUT2D eigenvalue weighted by Gasteiger charge is -2.03. The van der Waals surface area contributed by atoms with Crippen molar-refractivity contribution in [2.24, 2.45) is 0 Å². The van der Waals surface area contributed by atoms with Gasteiger partial charge < -0.3 is 10.2 Å². The number of aromatic nitrogens is 4. The van der Waals surface area contributed by atoms with Crippen LogP contribution in [0.4, 0.5) is 5.69 Å². The first-order valence-corrected chi connectivity index (χ1v) is 4.75. The molecule has 7 nitrogen and oxygen atoms in total. The molecule has 0 bridgehead atoms. The Bertz CT molecular complexity index is 576. The highest BCUT2D eigenvalue weighted by molar-refractivity contribution is 6.31. The van der Waals surface area contributed by atoms with E-state index in [2.05, 4.69) is 15.2 Å². The van der Waals surface area contributed by atoms with Crippen LogP contribution in [0.1, 0.15) is 11.8 Å². The van der Waals surface area contributed by atoms with E-state index in [-0.39, 0.29) is 17.4 Å². The molecule has 2 N–H and O–H groups in total. The highest BCUT2D eigenvalue weighted by atomic mass is 35.5. The van der Waals surface area contributed by atoms with E-state index in [4.69, 9.17) is 21.8 Å². The first-order chi connectivity index (χ1) is 7.58. The van der Waals surface area contributed by atoms with E-state index < -0.39 is 5.56 Å². The Kier molecular flexibility index (Phi) is 2.61. The Morgan fingerprint density at radius 2 is 2.31 bits per heavy atom. The Morgan fingerprint density at radius 1 is 1.56 bits per heavy atom. The third-order valence-corrected chi connectivity index (χ3v) is 2.20. The molecular formula is C8H8ClN5O2. The maximum atomic E-state index is 11.6. The molecule has 0 fully saturated rings. The summed E-state index contributed by atoms with van der Waals surface area (Å²) in [5.41, 5.74) is 4.92. The molecule has 0 atom stereocenters. The van der Waals surface area contributed by atoms with Gasteiger partial charge in [0.05, 0.1) is 6.33 Å². The normalized spacial score (nSPS) is 10.6. The average Bonchev–Trinajstić information content (AvgIpc) is 2.65. The van der Waals surface area contributed by atoms with Crippen LogP contribution in [0.15, 0.2) is 15.5 Å². The predicted octanol–water partition coefficient (Wildman–Crippen LogP) is 0.219. The summed E-state index contributed by atoms with van der Waals surface area (Å²) in [7, 11) is 0. The smallest absolute Gasteiger partial charge is 0.278 e. The minimum Gasteiger partial charge on any atom is -0.424 e. The molecular weight excluding hydrogens is 234 g/mol. The van der Waals surface area contributed by atoms with Crippen LogP contribution in [0.5, 0.6) is 0 Å². The van der Waals surface area contributed by atoms with Crippen LogP contribution < -0.4 is 11.3 Å². The van der Waals surface area contributed by atoms with Crippen molar-refractivity contribution in [2.75, 3.05) is 5.73 Å². The molecule has 0 saturated heterocycles. The van der Waals surface area contributed by atoms with E-state index in [1.165, 1.54) is 10.9 Å². The predicted molar refractivity (Wildman–Crippen MR) is 56.1 cm³/mol. The fraction of sp³-hybridized carbons (Fsp3) is 0.250. The van der Waals surface area contributed by atoms with Gasteiger partial charge in [0.2, 0.25) is 11.8 Å². The molecule has 16 heavy (non-hydrogen) atoms. The zero-order valence-corrected chi connectivity index (χ0v) is 9.10. The minimum absolute atomic E-state index is 0.0111. The van der Waals surface area contributed by atoms with Gasteiger partial charge >= 0.3 is 0 Å². The molecule has 0 amide bonds. The van der Waals surface area contributed by atoms with Crippen molar-refractivity contribution in [3.05, 3.63) is 33.6 Å². The molecule has 0 aliphatic heterocycles. The average molecular weight is 242 g/mol. The number of nitrogens with zero attached hydrogens (tertiary/aromatic N) is 4. The summed E-state index contributed by atoms with van der Waals surface area (Å²) in [5, 5.41) is 7.39. The molecule has 2 aromatic rings. The quantitative estimate of drug-likeness (QED) is 0.755. The maximum absolute atomic E-state index is 11.6.